The molecule has 0 saturated carbocycles. The number of halogens is 2. The molecule has 0 amide bonds. The fraction of sp³-hybridized carbons (Fsp3) is 0.571. The predicted molar refractivity (Wildman–Crippen MR) is 63.5 cm³/mol. The van der Waals surface area contributed by atoms with Crippen LogP contribution in [0.5, 0.6) is 0 Å². The second kappa shape index (κ2) is 5.97. The Morgan fingerprint density at radius 1 is 1.06 bits per heavy atom. The van der Waals surface area contributed by atoms with Gasteiger partial charge in [0.25, 0.3) is 0 Å². The molecule has 90 valence electrons. The Kier molecular flexibility index (Phi) is 4.91. The van der Waals surface area contributed by atoms with Gasteiger partial charge < -0.3 is 0 Å². The number of benzene rings is 1. The lowest BCUT2D eigenvalue weighted by molar-refractivity contribution is 0.443. The summed E-state index contributed by atoms with van der Waals surface area (Å²) in [6, 6.07) is 3.36. The van der Waals surface area contributed by atoms with Crippen LogP contribution in [0.1, 0.15) is 44.2 Å². The van der Waals surface area contributed by atoms with Gasteiger partial charge in [0.15, 0.2) is 11.6 Å². The average molecular weight is 226 g/mol. The molecule has 1 aromatic rings. The lowest BCUT2D eigenvalue weighted by Gasteiger charge is -2.12. The monoisotopic (exact) mass is 226 g/mol. The van der Waals surface area contributed by atoms with Crippen molar-refractivity contribution >= 4 is 0 Å². The standard InChI is InChI=1S/C14H20F2/c1-4-11(5-2)7-9-12-8-6-10(3)13(15)14(12)16/h6,8,11H,4-5,7,9H2,1-3H3. The summed E-state index contributed by atoms with van der Waals surface area (Å²) in [6.07, 6.45) is 3.78. The normalized spacial score (nSPS) is 11.1. The molecule has 0 fully saturated rings. The van der Waals surface area contributed by atoms with E-state index in [-0.39, 0.29) is 0 Å². The molecule has 0 spiro atoms. The van der Waals surface area contributed by atoms with E-state index in [1.54, 1.807) is 19.1 Å². The van der Waals surface area contributed by atoms with Gasteiger partial charge in [-0.25, -0.2) is 8.78 Å². The summed E-state index contributed by atoms with van der Waals surface area (Å²) in [4.78, 5) is 0. The molecule has 1 aromatic carbocycles. The van der Waals surface area contributed by atoms with Crippen molar-refractivity contribution in [1.82, 2.24) is 0 Å². The fourth-order valence-electron chi connectivity index (χ4n) is 1.94. The summed E-state index contributed by atoms with van der Waals surface area (Å²) in [5, 5.41) is 0. The van der Waals surface area contributed by atoms with E-state index in [0.29, 0.717) is 23.5 Å². The molecular formula is C14H20F2. The fourth-order valence-corrected chi connectivity index (χ4v) is 1.94. The molecular weight excluding hydrogens is 206 g/mol. The minimum absolute atomic E-state index is 0.379. The van der Waals surface area contributed by atoms with Crippen LogP contribution in [-0.2, 0) is 6.42 Å². The Morgan fingerprint density at radius 3 is 2.25 bits per heavy atom. The Bertz CT molecular complexity index is 341. The number of rotatable bonds is 5. The first kappa shape index (κ1) is 13.1. The van der Waals surface area contributed by atoms with Crippen LogP contribution in [0.25, 0.3) is 0 Å². The molecule has 0 nitrogen and oxygen atoms in total. The zero-order valence-electron chi connectivity index (χ0n) is 10.3. The van der Waals surface area contributed by atoms with Gasteiger partial charge in [-0.05, 0) is 36.8 Å². The van der Waals surface area contributed by atoms with Crippen molar-refractivity contribution < 1.29 is 8.78 Å². The number of aryl methyl sites for hydroxylation is 2. The summed E-state index contributed by atoms with van der Waals surface area (Å²) in [6.45, 7) is 5.86. The van der Waals surface area contributed by atoms with Crippen LogP contribution >= 0.6 is 0 Å². The second-order valence-corrected chi connectivity index (χ2v) is 4.39. The summed E-state index contributed by atoms with van der Waals surface area (Å²) in [5.41, 5.74) is 0.888. The lowest BCUT2D eigenvalue weighted by Crippen LogP contribution is -2.02. The molecule has 0 radical (unpaired) electrons. The molecule has 0 aromatic heterocycles. The maximum atomic E-state index is 13.5. The van der Waals surface area contributed by atoms with Crippen LogP contribution in [0.3, 0.4) is 0 Å². The highest BCUT2D eigenvalue weighted by atomic mass is 19.2. The van der Waals surface area contributed by atoms with Gasteiger partial charge in [-0.3, -0.25) is 0 Å². The van der Waals surface area contributed by atoms with Crippen molar-refractivity contribution in [3.8, 4) is 0 Å². The summed E-state index contributed by atoms with van der Waals surface area (Å²) in [5.74, 6) is -0.739. The molecule has 0 atom stereocenters. The third-order valence-electron chi connectivity index (χ3n) is 3.33. The second-order valence-electron chi connectivity index (χ2n) is 4.39. The molecule has 0 bridgehead atoms. The first-order valence-electron chi connectivity index (χ1n) is 6.03. The van der Waals surface area contributed by atoms with Gasteiger partial charge in [0.2, 0.25) is 0 Å². The summed E-state index contributed by atoms with van der Waals surface area (Å²) >= 11 is 0. The minimum atomic E-state index is -0.693. The third-order valence-corrected chi connectivity index (χ3v) is 3.33. The lowest BCUT2D eigenvalue weighted by atomic mass is 9.94. The van der Waals surface area contributed by atoms with Crippen molar-refractivity contribution in [2.45, 2.75) is 46.5 Å². The highest BCUT2D eigenvalue weighted by molar-refractivity contribution is 5.25. The summed E-state index contributed by atoms with van der Waals surface area (Å²) < 4.78 is 26.9. The molecule has 0 aliphatic heterocycles. The van der Waals surface area contributed by atoms with Gasteiger partial charge >= 0.3 is 0 Å². The largest absolute Gasteiger partial charge is 0.203 e. The first-order chi connectivity index (χ1) is 7.60. The Labute approximate surface area is 96.7 Å². The third kappa shape index (κ3) is 3.03. The van der Waals surface area contributed by atoms with Crippen LogP contribution in [0, 0.1) is 24.5 Å². The van der Waals surface area contributed by atoms with Gasteiger partial charge in [0, 0.05) is 0 Å². The smallest absolute Gasteiger partial charge is 0.162 e. The van der Waals surface area contributed by atoms with E-state index < -0.39 is 11.6 Å². The van der Waals surface area contributed by atoms with Crippen LogP contribution < -0.4 is 0 Å². The Balaban J connectivity index is 2.71. The highest BCUT2D eigenvalue weighted by Crippen LogP contribution is 2.20. The van der Waals surface area contributed by atoms with E-state index in [4.69, 9.17) is 0 Å². The molecule has 0 unspecified atom stereocenters. The molecule has 0 N–H and O–H groups in total. The molecule has 0 saturated heterocycles. The van der Waals surface area contributed by atoms with Gasteiger partial charge in [-0.2, -0.15) is 0 Å². The van der Waals surface area contributed by atoms with Crippen LogP contribution in [0.15, 0.2) is 12.1 Å². The molecule has 0 aliphatic carbocycles. The van der Waals surface area contributed by atoms with Crippen molar-refractivity contribution in [2.75, 3.05) is 0 Å². The van der Waals surface area contributed by atoms with E-state index in [1.807, 2.05) is 0 Å². The first-order valence-corrected chi connectivity index (χ1v) is 6.03. The maximum absolute atomic E-state index is 13.5. The van der Waals surface area contributed by atoms with Crippen molar-refractivity contribution in [3.63, 3.8) is 0 Å². The van der Waals surface area contributed by atoms with Crippen molar-refractivity contribution in [3.05, 3.63) is 34.9 Å². The topological polar surface area (TPSA) is 0 Å². The molecule has 2 heteroatoms. The maximum Gasteiger partial charge on any atom is 0.162 e. The number of hydrogen-bond acceptors (Lipinski definition) is 0. The number of hydrogen-bond donors (Lipinski definition) is 0. The Hall–Kier alpha value is -0.920. The minimum Gasteiger partial charge on any atom is -0.203 e. The van der Waals surface area contributed by atoms with Gasteiger partial charge in [0.1, 0.15) is 0 Å². The zero-order valence-corrected chi connectivity index (χ0v) is 10.3. The highest BCUT2D eigenvalue weighted by Gasteiger charge is 2.12. The Morgan fingerprint density at radius 2 is 1.69 bits per heavy atom. The van der Waals surface area contributed by atoms with Crippen LogP contribution in [0.4, 0.5) is 8.78 Å². The average Bonchev–Trinajstić information content (AvgIpc) is 2.30. The van der Waals surface area contributed by atoms with E-state index in [0.717, 1.165) is 19.3 Å². The quantitative estimate of drug-likeness (QED) is 0.686. The SMILES string of the molecule is CCC(CC)CCc1ccc(C)c(F)c1F. The zero-order chi connectivity index (χ0) is 12.1. The molecule has 0 aliphatic rings. The molecule has 0 heterocycles. The van der Waals surface area contributed by atoms with E-state index in [9.17, 15) is 8.78 Å². The van der Waals surface area contributed by atoms with E-state index >= 15 is 0 Å². The van der Waals surface area contributed by atoms with Gasteiger partial charge in [-0.1, -0.05) is 38.8 Å². The van der Waals surface area contributed by atoms with E-state index in [2.05, 4.69) is 13.8 Å². The van der Waals surface area contributed by atoms with Crippen LogP contribution in [0.2, 0.25) is 0 Å². The van der Waals surface area contributed by atoms with Gasteiger partial charge in [0.05, 0.1) is 0 Å². The molecule has 1 rings (SSSR count). The summed E-state index contributed by atoms with van der Waals surface area (Å²) in [7, 11) is 0. The predicted octanol–water partition coefficient (Wildman–Crippen LogP) is 4.64. The molecule has 16 heavy (non-hydrogen) atoms. The van der Waals surface area contributed by atoms with Crippen molar-refractivity contribution in [1.29, 1.82) is 0 Å². The van der Waals surface area contributed by atoms with E-state index in [1.165, 1.54) is 0 Å². The van der Waals surface area contributed by atoms with Gasteiger partial charge in [-0.15, -0.1) is 0 Å². The van der Waals surface area contributed by atoms with Crippen LogP contribution in [-0.4, -0.2) is 0 Å². The van der Waals surface area contributed by atoms with Crippen molar-refractivity contribution in [2.24, 2.45) is 5.92 Å².